The zero-order valence-corrected chi connectivity index (χ0v) is 12.2. The molecule has 0 spiro atoms. The van der Waals surface area contributed by atoms with E-state index >= 15 is 0 Å². The summed E-state index contributed by atoms with van der Waals surface area (Å²) in [5.41, 5.74) is 0.110. The summed E-state index contributed by atoms with van der Waals surface area (Å²) in [6, 6.07) is 5.44. The van der Waals surface area contributed by atoms with E-state index < -0.39 is 23.8 Å². The molecule has 0 radical (unpaired) electrons. The summed E-state index contributed by atoms with van der Waals surface area (Å²) in [6.45, 7) is 3.41. The minimum absolute atomic E-state index is 0.0540. The Labute approximate surface area is 126 Å². The van der Waals surface area contributed by atoms with Crippen molar-refractivity contribution >= 4 is 17.6 Å². The predicted molar refractivity (Wildman–Crippen MR) is 77.8 cm³/mol. The molecule has 0 saturated heterocycles. The van der Waals surface area contributed by atoms with Gasteiger partial charge in [-0.3, -0.25) is 9.48 Å². The van der Waals surface area contributed by atoms with E-state index in [9.17, 15) is 14.0 Å². The van der Waals surface area contributed by atoms with E-state index in [0.717, 1.165) is 6.07 Å². The highest BCUT2D eigenvalue weighted by Gasteiger charge is 2.15. The van der Waals surface area contributed by atoms with Crippen molar-refractivity contribution in [2.45, 2.75) is 26.5 Å². The van der Waals surface area contributed by atoms with Crippen LogP contribution < -0.4 is 5.32 Å². The lowest BCUT2D eigenvalue weighted by molar-refractivity contribution is -0.114. The molecule has 2 rings (SSSR count). The fraction of sp³-hybridized carbons (Fsp3) is 0.267. The molecule has 116 valence electrons. The average Bonchev–Trinajstić information content (AvgIpc) is 2.93. The first kappa shape index (κ1) is 15.7. The first-order valence-corrected chi connectivity index (χ1v) is 6.71. The van der Waals surface area contributed by atoms with Gasteiger partial charge in [0, 0.05) is 19.3 Å². The number of esters is 1. The van der Waals surface area contributed by atoms with Crippen molar-refractivity contribution in [1.29, 1.82) is 0 Å². The third kappa shape index (κ3) is 4.15. The van der Waals surface area contributed by atoms with Crippen LogP contribution in [0.4, 0.5) is 10.1 Å². The van der Waals surface area contributed by atoms with E-state index in [-0.39, 0.29) is 11.3 Å². The number of anilines is 1. The number of hydrogen-bond acceptors (Lipinski definition) is 4. The van der Waals surface area contributed by atoms with Crippen LogP contribution in [0.2, 0.25) is 0 Å². The van der Waals surface area contributed by atoms with Crippen LogP contribution in [0.15, 0.2) is 36.7 Å². The Kier molecular flexibility index (Phi) is 4.88. The highest BCUT2D eigenvalue weighted by Crippen LogP contribution is 2.17. The monoisotopic (exact) mass is 305 g/mol. The highest BCUT2D eigenvalue weighted by atomic mass is 19.1. The molecule has 1 amide bonds. The maximum Gasteiger partial charge on any atom is 0.338 e. The van der Waals surface area contributed by atoms with Gasteiger partial charge in [0.1, 0.15) is 11.9 Å². The van der Waals surface area contributed by atoms with Crippen LogP contribution in [0, 0.1) is 5.82 Å². The molecule has 6 nitrogen and oxygen atoms in total. The lowest BCUT2D eigenvalue weighted by Gasteiger charge is -2.14. The van der Waals surface area contributed by atoms with Crippen LogP contribution in [0.5, 0.6) is 0 Å². The Morgan fingerprint density at radius 2 is 2.23 bits per heavy atom. The summed E-state index contributed by atoms with van der Waals surface area (Å²) in [6.07, 6.45) is 2.99. The molecule has 1 aromatic heterocycles. The van der Waals surface area contributed by atoms with E-state index in [4.69, 9.17) is 4.74 Å². The van der Waals surface area contributed by atoms with Gasteiger partial charge in [-0.2, -0.15) is 5.10 Å². The molecule has 7 heteroatoms. The Hall–Kier alpha value is -2.70. The number of carbonyl (C=O) groups excluding carboxylic acids is 2. The summed E-state index contributed by atoms with van der Waals surface area (Å²) in [4.78, 5) is 23.0. The number of ether oxygens (including phenoxy) is 1. The first-order valence-electron chi connectivity index (χ1n) is 6.71. The molecule has 0 saturated carbocycles. The Morgan fingerprint density at radius 3 is 2.86 bits per heavy atom. The fourth-order valence-corrected chi connectivity index (χ4v) is 1.90. The quantitative estimate of drug-likeness (QED) is 0.860. The van der Waals surface area contributed by atoms with Crippen LogP contribution >= 0.6 is 0 Å². The number of nitrogens with one attached hydrogen (secondary N) is 1. The fourth-order valence-electron chi connectivity index (χ4n) is 1.90. The van der Waals surface area contributed by atoms with Crippen molar-refractivity contribution in [2.75, 3.05) is 5.32 Å². The van der Waals surface area contributed by atoms with Gasteiger partial charge in [-0.05, 0) is 31.2 Å². The van der Waals surface area contributed by atoms with Crippen molar-refractivity contribution in [3.63, 3.8) is 0 Å². The van der Waals surface area contributed by atoms with Crippen molar-refractivity contribution in [2.24, 2.45) is 0 Å². The van der Waals surface area contributed by atoms with Gasteiger partial charge in [0.2, 0.25) is 5.91 Å². The third-order valence-corrected chi connectivity index (χ3v) is 2.82. The van der Waals surface area contributed by atoms with Gasteiger partial charge in [0.15, 0.2) is 0 Å². The smallest absolute Gasteiger partial charge is 0.338 e. The zero-order valence-electron chi connectivity index (χ0n) is 12.2. The molecule has 0 aliphatic carbocycles. The van der Waals surface area contributed by atoms with E-state index in [2.05, 4.69) is 10.4 Å². The Balaban J connectivity index is 2.04. The third-order valence-electron chi connectivity index (χ3n) is 2.82. The number of hydrogen-bond donors (Lipinski definition) is 1. The number of rotatable bonds is 5. The minimum atomic E-state index is -0.615. The van der Waals surface area contributed by atoms with E-state index in [0.29, 0.717) is 6.54 Å². The molecule has 0 fully saturated rings. The van der Waals surface area contributed by atoms with Crippen LogP contribution in [-0.4, -0.2) is 27.8 Å². The summed E-state index contributed by atoms with van der Waals surface area (Å²) in [5.74, 6) is -1.63. The van der Waals surface area contributed by atoms with Crippen LogP contribution in [0.1, 0.15) is 24.2 Å². The highest BCUT2D eigenvalue weighted by molar-refractivity contribution is 5.93. The van der Waals surface area contributed by atoms with E-state index in [1.165, 1.54) is 19.1 Å². The number of aromatic nitrogens is 2. The summed E-state index contributed by atoms with van der Waals surface area (Å²) in [5, 5.41) is 6.35. The normalized spacial score (nSPS) is 11.8. The number of carbonyl (C=O) groups is 2. The molecule has 1 heterocycles. The van der Waals surface area contributed by atoms with Crippen LogP contribution in [0.3, 0.4) is 0 Å². The molecule has 1 unspecified atom stereocenters. The van der Waals surface area contributed by atoms with Gasteiger partial charge in [-0.15, -0.1) is 0 Å². The largest absolute Gasteiger partial charge is 0.457 e. The van der Waals surface area contributed by atoms with E-state index in [1.54, 1.807) is 30.1 Å². The number of nitrogens with zero attached hydrogens (tertiary/aromatic N) is 2. The molecule has 0 aliphatic heterocycles. The lowest BCUT2D eigenvalue weighted by Crippen LogP contribution is -2.21. The molecular formula is C15H16FN3O3. The van der Waals surface area contributed by atoms with Gasteiger partial charge in [-0.1, -0.05) is 0 Å². The van der Waals surface area contributed by atoms with E-state index in [1.807, 2.05) is 0 Å². The molecular weight excluding hydrogens is 289 g/mol. The second-order valence-electron chi connectivity index (χ2n) is 4.82. The topological polar surface area (TPSA) is 73.2 Å². The summed E-state index contributed by atoms with van der Waals surface area (Å²) >= 11 is 0. The molecule has 1 aromatic carbocycles. The molecule has 1 atom stereocenters. The molecule has 1 N–H and O–H groups in total. The molecule has 0 aliphatic rings. The van der Waals surface area contributed by atoms with Gasteiger partial charge >= 0.3 is 5.97 Å². The van der Waals surface area contributed by atoms with Crippen LogP contribution in [0.25, 0.3) is 0 Å². The average molecular weight is 305 g/mol. The lowest BCUT2D eigenvalue weighted by atomic mass is 10.2. The van der Waals surface area contributed by atoms with Crippen molar-refractivity contribution in [3.05, 3.63) is 48.0 Å². The first-order chi connectivity index (χ1) is 10.5. The van der Waals surface area contributed by atoms with Crippen LogP contribution in [-0.2, 0) is 16.1 Å². The molecule has 0 bridgehead atoms. The Morgan fingerprint density at radius 1 is 1.45 bits per heavy atom. The van der Waals surface area contributed by atoms with Crippen molar-refractivity contribution in [1.82, 2.24) is 9.78 Å². The zero-order chi connectivity index (χ0) is 16.1. The second kappa shape index (κ2) is 6.84. The second-order valence-corrected chi connectivity index (χ2v) is 4.82. The van der Waals surface area contributed by atoms with Crippen molar-refractivity contribution in [3.8, 4) is 0 Å². The van der Waals surface area contributed by atoms with Gasteiger partial charge in [-0.25, -0.2) is 9.18 Å². The van der Waals surface area contributed by atoms with Crippen molar-refractivity contribution < 1.29 is 18.7 Å². The Bertz CT molecular complexity index is 671. The number of benzene rings is 1. The van der Waals surface area contributed by atoms with Gasteiger partial charge in [0.25, 0.3) is 0 Å². The molecule has 22 heavy (non-hydrogen) atoms. The summed E-state index contributed by atoms with van der Waals surface area (Å²) < 4.78 is 20.4. The summed E-state index contributed by atoms with van der Waals surface area (Å²) in [7, 11) is 0. The number of amides is 1. The SMILES string of the molecule is CC(=O)Nc1cc(C(=O)OC(C)Cn2cccn2)ccc1F. The maximum atomic E-state index is 13.5. The predicted octanol–water partition coefficient (Wildman–Crippen LogP) is 2.23. The maximum absolute atomic E-state index is 13.5. The van der Waals surface area contributed by atoms with Gasteiger partial charge in [0.05, 0.1) is 17.8 Å². The number of halogens is 1. The standard InChI is InChI=1S/C15H16FN3O3/c1-10(9-19-7-3-6-17-19)22-15(21)12-4-5-13(16)14(8-12)18-11(2)20/h3-8,10H,9H2,1-2H3,(H,18,20). The van der Waals surface area contributed by atoms with Gasteiger partial charge < -0.3 is 10.1 Å². The molecule has 2 aromatic rings. The minimum Gasteiger partial charge on any atom is -0.457 e.